The summed E-state index contributed by atoms with van der Waals surface area (Å²) in [5.74, 6) is 1.07. The van der Waals surface area contributed by atoms with Crippen molar-refractivity contribution < 1.29 is 14.3 Å². The van der Waals surface area contributed by atoms with Crippen LogP contribution in [0.5, 0.6) is 11.5 Å². The zero-order valence-electron chi connectivity index (χ0n) is 18.4. The van der Waals surface area contributed by atoms with E-state index in [2.05, 4.69) is 0 Å². The lowest BCUT2D eigenvalue weighted by Gasteiger charge is -2.16. The number of methoxy groups -OCH3 is 1. The Hall–Kier alpha value is -2.80. The summed E-state index contributed by atoms with van der Waals surface area (Å²) < 4.78 is 12.0. The summed E-state index contributed by atoms with van der Waals surface area (Å²) in [6, 6.07) is 19.0. The van der Waals surface area contributed by atoms with E-state index in [-0.39, 0.29) is 5.91 Å². The molecule has 4 rings (SSSR count). The predicted octanol–water partition coefficient (Wildman–Crippen LogP) is 6.95. The Morgan fingerprint density at radius 2 is 1.76 bits per heavy atom. The van der Waals surface area contributed by atoms with Crippen LogP contribution in [0.1, 0.15) is 22.3 Å². The van der Waals surface area contributed by atoms with Crippen molar-refractivity contribution >= 4 is 57.6 Å². The van der Waals surface area contributed by atoms with Crippen LogP contribution in [0.3, 0.4) is 0 Å². The molecule has 3 aromatic carbocycles. The number of ether oxygens (including phenoxy) is 2. The van der Waals surface area contributed by atoms with Crippen LogP contribution < -0.4 is 14.4 Å². The summed E-state index contributed by atoms with van der Waals surface area (Å²) in [6.07, 6.45) is 1.83. The molecule has 0 spiro atoms. The average Bonchev–Trinajstić information content (AvgIpc) is 3.08. The van der Waals surface area contributed by atoms with E-state index in [1.54, 1.807) is 12.0 Å². The van der Waals surface area contributed by atoms with Crippen molar-refractivity contribution in [2.24, 2.45) is 0 Å². The number of thiocarbonyl (C=S) groups is 1. The molecule has 1 heterocycles. The van der Waals surface area contributed by atoms with Crippen molar-refractivity contribution in [1.29, 1.82) is 0 Å². The van der Waals surface area contributed by atoms with E-state index in [0.717, 1.165) is 22.4 Å². The second-order valence-corrected chi connectivity index (χ2v) is 9.72. The molecule has 1 saturated heterocycles. The summed E-state index contributed by atoms with van der Waals surface area (Å²) in [7, 11) is 1.59. The SMILES string of the molecule is COc1cc(C=C2SC(=S)N(c3ccc(C)c(C)c3)C2=O)ccc1OCc1ccc(Cl)cc1. The predicted molar refractivity (Wildman–Crippen MR) is 140 cm³/mol. The molecule has 0 aliphatic carbocycles. The van der Waals surface area contributed by atoms with Gasteiger partial charge in [0.1, 0.15) is 6.61 Å². The summed E-state index contributed by atoms with van der Waals surface area (Å²) in [5, 5.41) is 0.684. The number of nitrogens with zero attached hydrogens (tertiary/aromatic N) is 1. The largest absolute Gasteiger partial charge is 0.493 e. The number of benzene rings is 3. The van der Waals surface area contributed by atoms with Gasteiger partial charge in [0.2, 0.25) is 0 Å². The van der Waals surface area contributed by atoms with Gasteiger partial charge >= 0.3 is 0 Å². The van der Waals surface area contributed by atoms with Gasteiger partial charge in [-0.15, -0.1) is 0 Å². The van der Waals surface area contributed by atoms with Crippen molar-refractivity contribution in [3.8, 4) is 11.5 Å². The summed E-state index contributed by atoms with van der Waals surface area (Å²) in [5.41, 5.74) is 4.90. The molecule has 0 N–H and O–H groups in total. The molecule has 0 aromatic heterocycles. The highest BCUT2D eigenvalue weighted by molar-refractivity contribution is 8.27. The van der Waals surface area contributed by atoms with Gasteiger partial charge in [0.25, 0.3) is 5.91 Å². The molecule has 0 saturated carbocycles. The minimum absolute atomic E-state index is 0.129. The van der Waals surface area contributed by atoms with Crippen LogP contribution in [-0.4, -0.2) is 17.3 Å². The van der Waals surface area contributed by atoms with E-state index >= 15 is 0 Å². The number of carbonyl (C=O) groups is 1. The smallest absolute Gasteiger partial charge is 0.270 e. The molecular formula is C26H22ClNO3S2. The quantitative estimate of drug-likeness (QED) is 0.273. The molecule has 0 unspecified atom stereocenters. The Morgan fingerprint density at radius 1 is 1.00 bits per heavy atom. The van der Waals surface area contributed by atoms with Crippen LogP contribution in [0.25, 0.3) is 6.08 Å². The maximum atomic E-state index is 13.1. The molecule has 7 heteroatoms. The van der Waals surface area contributed by atoms with Gasteiger partial charge in [0.15, 0.2) is 15.8 Å². The fraction of sp³-hybridized carbons (Fsp3) is 0.154. The highest BCUT2D eigenvalue weighted by Gasteiger charge is 2.33. The average molecular weight is 496 g/mol. The first-order valence-corrected chi connectivity index (χ1v) is 11.9. The Bertz CT molecular complexity index is 1250. The van der Waals surface area contributed by atoms with E-state index in [0.29, 0.717) is 32.4 Å². The van der Waals surface area contributed by atoms with E-state index in [1.807, 2.05) is 80.6 Å². The molecule has 168 valence electrons. The summed E-state index contributed by atoms with van der Waals surface area (Å²) in [4.78, 5) is 15.3. The number of aryl methyl sites for hydroxylation is 2. The van der Waals surface area contributed by atoms with Crippen molar-refractivity contribution in [1.82, 2.24) is 0 Å². The maximum Gasteiger partial charge on any atom is 0.270 e. The van der Waals surface area contributed by atoms with Crippen LogP contribution in [-0.2, 0) is 11.4 Å². The van der Waals surface area contributed by atoms with Crippen molar-refractivity contribution in [2.45, 2.75) is 20.5 Å². The zero-order valence-corrected chi connectivity index (χ0v) is 20.8. The Balaban J connectivity index is 1.53. The highest BCUT2D eigenvalue weighted by atomic mass is 35.5. The van der Waals surface area contributed by atoms with Crippen molar-refractivity contribution in [3.63, 3.8) is 0 Å². The molecule has 33 heavy (non-hydrogen) atoms. The van der Waals surface area contributed by atoms with E-state index in [9.17, 15) is 4.79 Å². The fourth-order valence-electron chi connectivity index (χ4n) is 3.34. The van der Waals surface area contributed by atoms with Gasteiger partial charge in [-0.05, 0) is 78.6 Å². The Labute approximate surface area is 208 Å². The number of carbonyl (C=O) groups excluding carboxylic acids is 1. The lowest BCUT2D eigenvalue weighted by Crippen LogP contribution is -2.27. The molecule has 1 aliphatic heterocycles. The normalized spacial score (nSPS) is 14.8. The first-order valence-electron chi connectivity index (χ1n) is 10.3. The van der Waals surface area contributed by atoms with Crippen LogP contribution in [0, 0.1) is 13.8 Å². The minimum Gasteiger partial charge on any atom is -0.493 e. The van der Waals surface area contributed by atoms with E-state index in [4.69, 9.17) is 33.3 Å². The molecule has 0 atom stereocenters. The van der Waals surface area contributed by atoms with Gasteiger partial charge in [0.05, 0.1) is 17.7 Å². The highest BCUT2D eigenvalue weighted by Crippen LogP contribution is 2.37. The molecular weight excluding hydrogens is 474 g/mol. The molecule has 1 fully saturated rings. The number of hydrogen-bond acceptors (Lipinski definition) is 5. The summed E-state index contributed by atoms with van der Waals surface area (Å²) in [6.45, 7) is 4.45. The molecule has 0 radical (unpaired) electrons. The summed E-state index contributed by atoms with van der Waals surface area (Å²) >= 11 is 12.7. The number of amides is 1. The second kappa shape index (κ2) is 10.00. The molecule has 1 aliphatic rings. The monoisotopic (exact) mass is 495 g/mol. The van der Waals surface area contributed by atoms with Crippen molar-refractivity contribution in [2.75, 3.05) is 12.0 Å². The van der Waals surface area contributed by atoms with Crippen LogP contribution >= 0.6 is 35.6 Å². The third-order valence-corrected chi connectivity index (χ3v) is 6.89. The standard InChI is InChI=1S/C26H22ClNO3S2/c1-16-4-10-21(12-17(16)2)28-25(29)24(33-26(28)32)14-19-7-11-22(23(13-19)30-3)31-15-18-5-8-20(27)9-6-18/h4-14H,15H2,1-3H3. The minimum atomic E-state index is -0.129. The van der Waals surface area contributed by atoms with Gasteiger partial charge in [-0.2, -0.15) is 0 Å². The van der Waals surface area contributed by atoms with Crippen LogP contribution in [0.15, 0.2) is 65.6 Å². The van der Waals surface area contributed by atoms with Gasteiger partial charge in [-0.25, -0.2) is 0 Å². The van der Waals surface area contributed by atoms with Crippen molar-refractivity contribution in [3.05, 3.63) is 92.8 Å². The molecule has 1 amide bonds. The first-order chi connectivity index (χ1) is 15.9. The van der Waals surface area contributed by atoms with Gasteiger partial charge in [0, 0.05) is 5.02 Å². The fourth-order valence-corrected chi connectivity index (χ4v) is 4.77. The van der Waals surface area contributed by atoms with Gasteiger partial charge in [-0.3, -0.25) is 9.69 Å². The molecule has 3 aromatic rings. The number of rotatable bonds is 6. The first kappa shape index (κ1) is 23.4. The number of thioether (sulfide) groups is 1. The third-order valence-electron chi connectivity index (χ3n) is 5.34. The maximum absolute atomic E-state index is 13.1. The molecule has 4 nitrogen and oxygen atoms in total. The Kier molecular flexibility index (Phi) is 7.08. The van der Waals surface area contributed by atoms with Gasteiger partial charge in [-0.1, -0.05) is 59.8 Å². The number of anilines is 1. The zero-order chi connectivity index (χ0) is 23.5. The lowest BCUT2D eigenvalue weighted by molar-refractivity contribution is -0.113. The van der Waals surface area contributed by atoms with E-state index in [1.165, 1.54) is 17.3 Å². The van der Waals surface area contributed by atoms with Crippen LogP contribution in [0.2, 0.25) is 5.02 Å². The number of hydrogen-bond donors (Lipinski definition) is 0. The second-order valence-electron chi connectivity index (χ2n) is 7.61. The molecule has 0 bridgehead atoms. The number of halogens is 1. The van der Waals surface area contributed by atoms with E-state index < -0.39 is 0 Å². The lowest BCUT2D eigenvalue weighted by atomic mass is 10.1. The van der Waals surface area contributed by atoms with Gasteiger partial charge < -0.3 is 9.47 Å². The van der Waals surface area contributed by atoms with Crippen LogP contribution in [0.4, 0.5) is 5.69 Å². The third kappa shape index (κ3) is 5.24. The topological polar surface area (TPSA) is 38.8 Å². The Morgan fingerprint density at radius 3 is 2.45 bits per heavy atom.